The van der Waals surface area contributed by atoms with Gasteiger partial charge in [-0.1, -0.05) is 24.3 Å². The highest BCUT2D eigenvalue weighted by Gasteiger charge is 2.09. The van der Waals surface area contributed by atoms with Crippen LogP contribution in [0.1, 0.15) is 0 Å². The molecule has 2 aromatic carbocycles. The lowest BCUT2D eigenvalue weighted by Crippen LogP contribution is -3.00. The van der Waals surface area contributed by atoms with Crippen LogP contribution >= 0.6 is 0 Å². The minimum absolute atomic E-state index is 0. The van der Waals surface area contributed by atoms with Gasteiger partial charge in [0, 0.05) is 12.1 Å². The first kappa shape index (κ1) is 13.4. The first-order valence-corrected chi connectivity index (χ1v) is 4.94. The Labute approximate surface area is 109 Å². The molecule has 4 heteroatoms. The zero-order chi connectivity index (χ0) is 10.3. The highest BCUT2D eigenvalue weighted by Crippen LogP contribution is 2.24. The monoisotopic (exact) mass is 292 g/mol. The molecule has 3 aromatic rings. The summed E-state index contributed by atoms with van der Waals surface area (Å²) >= 11 is 0. The fraction of sp³-hybridized carbons (Fsp3) is 0. The molecule has 3 rings (SSSR count). The summed E-state index contributed by atoms with van der Waals surface area (Å²) in [6.45, 7) is 0. The van der Waals surface area contributed by atoms with Crippen LogP contribution in [0.25, 0.3) is 21.8 Å². The molecule has 0 spiro atoms. The molecule has 88 valence electrons. The molecule has 0 bridgehead atoms. The summed E-state index contributed by atoms with van der Waals surface area (Å²) in [5, 5.41) is 2.16. The minimum Gasteiger partial charge on any atom is -1.00 e. The van der Waals surface area contributed by atoms with Crippen LogP contribution in [0.2, 0.25) is 0 Å². The number of benzene rings is 2. The Balaban J connectivity index is 0.000000722. The van der Waals surface area contributed by atoms with Crippen LogP contribution < -0.4 is 27.7 Å². The molecule has 3 nitrogen and oxygen atoms in total. The number of rotatable bonds is 0. The Morgan fingerprint density at radius 2 is 1.18 bits per heavy atom. The van der Waals surface area contributed by atoms with Gasteiger partial charge in [-0.25, -0.2) is 4.98 Å². The van der Waals surface area contributed by atoms with Gasteiger partial charge >= 0.3 is 0 Å². The smallest absolute Gasteiger partial charge is 0.213 e. The fourth-order valence-corrected chi connectivity index (χ4v) is 1.94. The van der Waals surface area contributed by atoms with E-state index in [9.17, 15) is 0 Å². The summed E-state index contributed by atoms with van der Waals surface area (Å²) in [5.41, 5.74) is 9.14. The number of aromatic nitrogens is 1. The summed E-state index contributed by atoms with van der Waals surface area (Å²) in [6, 6.07) is 16.2. The second kappa shape index (κ2) is 5.12. The van der Waals surface area contributed by atoms with Crippen molar-refractivity contribution in [1.82, 2.24) is 0 Å². The van der Waals surface area contributed by atoms with Gasteiger partial charge in [-0.15, -0.1) is 0 Å². The minimum atomic E-state index is 0. The van der Waals surface area contributed by atoms with Crippen molar-refractivity contribution >= 4 is 27.5 Å². The van der Waals surface area contributed by atoms with E-state index in [1.807, 2.05) is 48.5 Å². The predicted molar refractivity (Wildman–Crippen MR) is 66.0 cm³/mol. The average Bonchev–Trinajstić information content (AvgIpc) is 2.30. The van der Waals surface area contributed by atoms with Crippen LogP contribution in [0, 0.1) is 0 Å². The molecule has 0 amide bonds. The van der Waals surface area contributed by atoms with Crippen LogP contribution in [0.3, 0.4) is 0 Å². The lowest BCUT2D eigenvalue weighted by Gasteiger charge is -2.00. The van der Waals surface area contributed by atoms with Gasteiger partial charge in [0.25, 0.3) is 0 Å². The Morgan fingerprint density at radius 1 is 0.765 bits per heavy atom. The number of fused-ring (bicyclic) bond motifs is 2. The van der Waals surface area contributed by atoms with Gasteiger partial charge < -0.3 is 28.2 Å². The molecular weight excluding hydrogens is 280 g/mol. The summed E-state index contributed by atoms with van der Waals surface area (Å²) in [4.78, 5) is 3.37. The number of hydrogen-bond donors (Lipinski definition) is 1. The van der Waals surface area contributed by atoms with Crippen LogP contribution in [-0.4, -0.2) is 5.48 Å². The van der Waals surface area contributed by atoms with Crippen LogP contribution in [0.15, 0.2) is 48.5 Å². The lowest BCUT2D eigenvalue weighted by atomic mass is 10.1. The number of hydrogen-bond acceptors (Lipinski definition) is 1. The van der Waals surface area contributed by atoms with E-state index in [-0.39, 0.29) is 22.5 Å². The molecule has 0 atom stereocenters. The van der Waals surface area contributed by atoms with Crippen molar-refractivity contribution < 1.29 is 27.4 Å². The molecule has 5 N–H and O–H groups in total. The molecular formula is C13H13BrN2O. The Kier molecular flexibility index (Phi) is 4.04. The molecule has 0 radical (unpaired) electrons. The van der Waals surface area contributed by atoms with Crippen LogP contribution in [0.5, 0.6) is 0 Å². The zero-order valence-electron chi connectivity index (χ0n) is 9.07. The summed E-state index contributed by atoms with van der Waals surface area (Å²) in [6.07, 6.45) is 0. The largest absolute Gasteiger partial charge is 1.00 e. The van der Waals surface area contributed by atoms with Gasteiger partial charge in [-0.2, -0.15) is 0 Å². The second-order valence-electron chi connectivity index (χ2n) is 3.63. The van der Waals surface area contributed by atoms with E-state index >= 15 is 0 Å². The first-order chi connectivity index (χ1) is 7.36. The number of halogens is 1. The molecule has 1 aromatic heterocycles. The van der Waals surface area contributed by atoms with E-state index in [2.05, 4.69) is 4.98 Å². The van der Waals surface area contributed by atoms with Gasteiger partial charge in [0.15, 0.2) is 0 Å². The van der Waals surface area contributed by atoms with Gasteiger partial charge in [-0.05, 0) is 12.1 Å². The second-order valence-corrected chi connectivity index (χ2v) is 3.63. The predicted octanol–water partition coefficient (Wildman–Crippen LogP) is -1.43. The maximum atomic E-state index is 6.13. The fourth-order valence-electron chi connectivity index (χ4n) is 1.94. The lowest BCUT2D eigenvalue weighted by molar-refractivity contribution is -0.310. The van der Waals surface area contributed by atoms with Gasteiger partial charge in [-0.3, -0.25) is 0 Å². The van der Waals surface area contributed by atoms with Gasteiger partial charge in [0.1, 0.15) is 0 Å². The van der Waals surface area contributed by atoms with Gasteiger partial charge in [0.2, 0.25) is 11.0 Å². The number of pyridine rings is 1. The number of nitrogens with one attached hydrogen (secondary N) is 1. The molecule has 0 saturated carbocycles. The van der Waals surface area contributed by atoms with Crippen molar-refractivity contribution in [3.63, 3.8) is 0 Å². The number of aromatic amines is 1. The average molecular weight is 293 g/mol. The Hall–Kier alpha value is -1.65. The maximum Gasteiger partial charge on any atom is 0.213 e. The standard InChI is InChI=1S/C13H10N2.BrH.H2O/c14-13-9-5-1-3-7-11(9)15-12-8-4-2-6-10(12)13;;/h1-8H,(H2,14,15);1H;1H2. The van der Waals surface area contributed by atoms with Crippen molar-refractivity contribution in [3.05, 3.63) is 48.5 Å². The SMILES string of the molecule is Nc1c2ccccc2[nH+]c2ccccc12.O.[Br-]. The Morgan fingerprint density at radius 3 is 1.65 bits per heavy atom. The third-order valence-corrected chi connectivity index (χ3v) is 2.70. The van der Waals surface area contributed by atoms with Crippen molar-refractivity contribution in [2.75, 3.05) is 5.73 Å². The number of H-pyrrole nitrogens is 1. The third kappa shape index (κ3) is 2.09. The molecule has 1 heterocycles. The number of para-hydroxylation sites is 2. The first-order valence-electron chi connectivity index (χ1n) is 4.94. The van der Waals surface area contributed by atoms with Crippen LogP contribution in [0.4, 0.5) is 5.69 Å². The normalized spacial score (nSPS) is 9.65. The molecule has 0 fully saturated rings. The number of anilines is 1. The van der Waals surface area contributed by atoms with E-state index < -0.39 is 0 Å². The van der Waals surface area contributed by atoms with Crippen molar-refractivity contribution in [2.45, 2.75) is 0 Å². The van der Waals surface area contributed by atoms with E-state index in [1.165, 1.54) is 0 Å². The Bertz CT molecular complexity index is 601. The molecule has 0 aliphatic rings. The molecule has 0 unspecified atom stereocenters. The van der Waals surface area contributed by atoms with Gasteiger partial charge in [0.05, 0.1) is 16.5 Å². The quantitative estimate of drug-likeness (QED) is 0.507. The zero-order valence-corrected chi connectivity index (χ0v) is 10.7. The number of nitrogen functional groups attached to an aromatic ring is 1. The summed E-state index contributed by atoms with van der Waals surface area (Å²) < 4.78 is 0. The highest BCUT2D eigenvalue weighted by atomic mass is 79.9. The van der Waals surface area contributed by atoms with E-state index in [4.69, 9.17) is 5.73 Å². The topological polar surface area (TPSA) is 71.7 Å². The molecule has 0 saturated heterocycles. The van der Waals surface area contributed by atoms with Crippen molar-refractivity contribution in [1.29, 1.82) is 0 Å². The molecule has 0 aliphatic heterocycles. The third-order valence-electron chi connectivity index (χ3n) is 2.70. The van der Waals surface area contributed by atoms with E-state index in [1.54, 1.807) is 0 Å². The van der Waals surface area contributed by atoms with E-state index in [0.29, 0.717) is 0 Å². The summed E-state index contributed by atoms with van der Waals surface area (Å²) in [7, 11) is 0. The highest BCUT2D eigenvalue weighted by molar-refractivity contribution is 6.03. The molecule has 17 heavy (non-hydrogen) atoms. The van der Waals surface area contributed by atoms with Crippen molar-refractivity contribution in [2.24, 2.45) is 0 Å². The summed E-state index contributed by atoms with van der Waals surface area (Å²) in [5.74, 6) is 0. The van der Waals surface area contributed by atoms with E-state index in [0.717, 1.165) is 27.5 Å². The van der Waals surface area contributed by atoms with Crippen LogP contribution in [-0.2, 0) is 0 Å². The maximum absolute atomic E-state index is 6.13. The molecule has 0 aliphatic carbocycles. The number of nitrogens with two attached hydrogens (primary N) is 1. The van der Waals surface area contributed by atoms with Crippen molar-refractivity contribution in [3.8, 4) is 0 Å².